The van der Waals surface area contributed by atoms with Crippen LogP contribution in [0, 0.1) is 0 Å². The minimum absolute atomic E-state index is 0.0518. The van der Waals surface area contributed by atoms with Crippen molar-refractivity contribution >= 4 is 27.7 Å². The molecule has 1 aliphatic carbocycles. The van der Waals surface area contributed by atoms with Crippen molar-refractivity contribution in [1.29, 1.82) is 0 Å². The van der Waals surface area contributed by atoms with Gasteiger partial charge < -0.3 is 15.0 Å². The zero-order chi connectivity index (χ0) is 24.7. The number of amides is 2. The molecule has 1 aliphatic rings. The van der Waals surface area contributed by atoms with Crippen LogP contribution in [-0.4, -0.2) is 35.4 Å². The highest BCUT2D eigenvalue weighted by Crippen LogP contribution is 2.24. The third kappa shape index (κ3) is 7.59. The van der Waals surface area contributed by atoms with Gasteiger partial charge in [0.1, 0.15) is 11.8 Å². The second-order valence-corrected chi connectivity index (χ2v) is 11.1. The molecule has 2 amide bonds. The van der Waals surface area contributed by atoms with Crippen LogP contribution in [-0.2, 0) is 21.5 Å². The Kier molecular flexibility index (Phi) is 9.17. The molecule has 0 spiro atoms. The first kappa shape index (κ1) is 26.3. The summed E-state index contributed by atoms with van der Waals surface area (Å²) in [4.78, 5) is 28.0. The molecular weight excluding hydrogens is 492 g/mol. The molecule has 3 rings (SSSR count). The normalized spacial score (nSPS) is 15.4. The first-order valence-electron chi connectivity index (χ1n) is 12.2. The van der Waals surface area contributed by atoms with Gasteiger partial charge in [-0.1, -0.05) is 80.2 Å². The summed E-state index contributed by atoms with van der Waals surface area (Å²) in [7, 11) is 0. The first-order valence-corrected chi connectivity index (χ1v) is 13.0. The van der Waals surface area contributed by atoms with Crippen LogP contribution in [0.15, 0.2) is 53.0 Å². The predicted molar refractivity (Wildman–Crippen MR) is 140 cm³/mol. The van der Waals surface area contributed by atoms with Gasteiger partial charge in [0.05, 0.1) is 0 Å². The molecule has 1 atom stereocenters. The van der Waals surface area contributed by atoms with Crippen LogP contribution in [0.5, 0.6) is 5.75 Å². The number of halogens is 1. The Hall–Kier alpha value is -2.34. The molecule has 5 nitrogen and oxygen atoms in total. The van der Waals surface area contributed by atoms with E-state index in [1.807, 2.05) is 48.5 Å². The lowest BCUT2D eigenvalue weighted by molar-refractivity contribution is -0.142. The molecular formula is C28H37BrN2O3. The van der Waals surface area contributed by atoms with Crippen molar-refractivity contribution in [1.82, 2.24) is 10.2 Å². The third-order valence-corrected chi connectivity index (χ3v) is 6.94. The molecule has 2 aromatic rings. The summed E-state index contributed by atoms with van der Waals surface area (Å²) in [5.41, 5.74) is 2.21. The molecule has 34 heavy (non-hydrogen) atoms. The predicted octanol–water partition coefficient (Wildman–Crippen LogP) is 5.99. The molecule has 184 valence electrons. The second-order valence-electron chi connectivity index (χ2n) is 10.2. The van der Waals surface area contributed by atoms with Crippen molar-refractivity contribution in [2.75, 3.05) is 6.61 Å². The average Bonchev–Trinajstić information content (AvgIpc) is 2.81. The summed E-state index contributed by atoms with van der Waals surface area (Å²) in [6, 6.07) is 15.3. The van der Waals surface area contributed by atoms with Gasteiger partial charge in [-0.15, -0.1) is 0 Å². The zero-order valence-corrected chi connectivity index (χ0v) is 22.4. The fraction of sp³-hybridized carbons (Fsp3) is 0.500. The number of rotatable bonds is 8. The molecule has 6 heteroatoms. The van der Waals surface area contributed by atoms with Gasteiger partial charge in [0.2, 0.25) is 5.91 Å². The molecule has 0 saturated heterocycles. The van der Waals surface area contributed by atoms with E-state index in [-0.39, 0.29) is 29.9 Å². The number of ether oxygens (including phenoxy) is 1. The second kappa shape index (κ2) is 11.9. The van der Waals surface area contributed by atoms with Crippen LogP contribution in [0.4, 0.5) is 0 Å². The largest absolute Gasteiger partial charge is 0.484 e. The smallest absolute Gasteiger partial charge is 0.261 e. The average molecular weight is 530 g/mol. The number of nitrogens with one attached hydrogen (secondary N) is 1. The lowest BCUT2D eigenvalue weighted by Gasteiger charge is -2.31. The minimum Gasteiger partial charge on any atom is -0.484 e. The Morgan fingerprint density at radius 3 is 2.38 bits per heavy atom. The number of carbonyl (C=O) groups excluding carboxylic acids is 2. The van der Waals surface area contributed by atoms with Crippen molar-refractivity contribution in [3.63, 3.8) is 0 Å². The highest BCUT2D eigenvalue weighted by atomic mass is 79.9. The van der Waals surface area contributed by atoms with Crippen molar-refractivity contribution in [2.24, 2.45) is 0 Å². The van der Waals surface area contributed by atoms with E-state index in [0.717, 1.165) is 35.7 Å². The van der Waals surface area contributed by atoms with Crippen LogP contribution >= 0.6 is 15.9 Å². The lowest BCUT2D eigenvalue weighted by atomic mass is 9.87. The first-order chi connectivity index (χ1) is 16.1. The van der Waals surface area contributed by atoms with E-state index in [1.165, 1.54) is 12.0 Å². The minimum atomic E-state index is -0.597. The van der Waals surface area contributed by atoms with Crippen LogP contribution in [0.2, 0.25) is 0 Å². The Balaban J connectivity index is 1.69. The fourth-order valence-electron chi connectivity index (χ4n) is 4.26. The van der Waals surface area contributed by atoms with Crippen molar-refractivity contribution in [3.05, 3.63) is 64.1 Å². The maximum atomic E-state index is 13.3. The monoisotopic (exact) mass is 528 g/mol. The maximum absolute atomic E-state index is 13.3. The van der Waals surface area contributed by atoms with Crippen molar-refractivity contribution in [3.8, 4) is 5.75 Å². The van der Waals surface area contributed by atoms with Gasteiger partial charge >= 0.3 is 0 Å². The third-order valence-electron chi connectivity index (χ3n) is 6.44. The molecule has 0 radical (unpaired) electrons. The van der Waals surface area contributed by atoms with E-state index in [4.69, 9.17) is 4.74 Å². The number of hydrogen-bond acceptors (Lipinski definition) is 3. The van der Waals surface area contributed by atoms with Crippen LogP contribution in [0.3, 0.4) is 0 Å². The van der Waals surface area contributed by atoms with Crippen LogP contribution < -0.4 is 10.1 Å². The Bertz CT molecular complexity index is 962. The van der Waals surface area contributed by atoms with E-state index in [1.54, 1.807) is 11.8 Å². The van der Waals surface area contributed by atoms with Gasteiger partial charge in [-0.05, 0) is 60.6 Å². The van der Waals surface area contributed by atoms with Crippen LogP contribution in [0.1, 0.15) is 70.9 Å². The van der Waals surface area contributed by atoms with Crippen molar-refractivity contribution < 1.29 is 14.3 Å². The molecule has 0 aromatic heterocycles. The zero-order valence-electron chi connectivity index (χ0n) is 20.8. The maximum Gasteiger partial charge on any atom is 0.261 e. The number of benzene rings is 2. The molecule has 1 N–H and O–H groups in total. The molecule has 0 bridgehead atoms. The number of hydrogen-bond donors (Lipinski definition) is 1. The van der Waals surface area contributed by atoms with Crippen LogP contribution in [0.25, 0.3) is 0 Å². The molecule has 0 heterocycles. The van der Waals surface area contributed by atoms with Crippen molar-refractivity contribution in [2.45, 2.75) is 83.8 Å². The number of nitrogens with zero attached hydrogens (tertiary/aromatic N) is 1. The Morgan fingerprint density at radius 2 is 1.76 bits per heavy atom. The highest BCUT2D eigenvalue weighted by Gasteiger charge is 2.28. The van der Waals surface area contributed by atoms with E-state index in [9.17, 15) is 9.59 Å². The Morgan fingerprint density at radius 1 is 1.09 bits per heavy atom. The van der Waals surface area contributed by atoms with Gasteiger partial charge in [0, 0.05) is 17.1 Å². The Labute approximate surface area is 212 Å². The van der Waals surface area contributed by atoms with E-state index < -0.39 is 6.04 Å². The molecule has 1 saturated carbocycles. The summed E-state index contributed by atoms with van der Waals surface area (Å²) in [6.45, 7) is 8.49. The van der Waals surface area contributed by atoms with E-state index in [0.29, 0.717) is 12.3 Å². The van der Waals surface area contributed by atoms with Gasteiger partial charge in [-0.3, -0.25) is 9.59 Å². The molecule has 1 fully saturated rings. The van der Waals surface area contributed by atoms with Gasteiger partial charge in [-0.25, -0.2) is 0 Å². The molecule has 2 aromatic carbocycles. The standard InChI is InChI=1S/C28H37BrN2O3/c1-20(27(33)30-24-11-6-5-7-12-24)31(18-21-9-8-10-23(29)17-21)26(32)19-34-25-15-13-22(14-16-25)28(2,3)4/h8-10,13-17,20,24H,5-7,11-12,18-19H2,1-4H3,(H,30,33). The van der Waals surface area contributed by atoms with E-state index in [2.05, 4.69) is 42.0 Å². The summed E-state index contributed by atoms with van der Waals surface area (Å²) in [6.07, 6.45) is 5.52. The number of carbonyl (C=O) groups is 2. The molecule has 0 aliphatic heterocycles. The quantitative estimate of drug-likeness (QED) is 0.457. The highest BCUT2D eigenvalue weighted by molar-refractivity contribution is 9.10. The summed E-state index contributed by atoms with van der Waals surface area (Å²) in [5, 5.41) is 3.16. The summed E-state index contributed by atoms with van der Waals surface area (Å²) < 4.78 is 6.76. The lowest BCUT2D eigenvalue weighted by Crippen LogP contribution is -2.51. The van der Waals surface area contributed by atoms with Gasteiger partial charge in [-0.2, -0.15) is 0 Å². The summed E-state index contributed by atoms with van der Waals surface area (Å²) >= 11 is 3.49. The van der Waals surface area contributed by atoms with Gasteiger partial charge in [0.25, 0.3) is 5.91 Å². The van der Waals surface area contributed by atoms with Gasteiger partial charge in [0.15, 0.2) is 6.61 Å². The topological polar surface area (TPSA) is 58.6 Å². The molecule has 1 unspecified atom stereocenters. The SMILES string of the molecule is CC(C(=O)NC1CCCCC1)N(Cc1cccc(Br)c1)C(=O)COc1ccc(C(C)(C)C)cc1. The fourth-order valence-corrected chi connectivity index (χ4v) is 4.71. The van der Waals surface area contributed by atoms with E-state index >= 15 is 0 Å². The summed E-state index contributed by atoms with van der Waals surface area (Å²) in [5.74, 6) is 0.319.